The van der Waals surface area contributed by atoms with Crippen LogP contribution in [-0.2, 0) is 6.42 Å². The number of hydrogen-bond donors (Lipinski definition) is 0. The van der Waals surface area contributed by atoms with Crippen LogP contribution in [0.3, 0.4) is 0 Å². The van der Waals surface area contributed by atoms with Crippen molar-refractivity contribution in [2.45, 2.75) is 41.0 Å². The molecular formula is C14H22O. The Morgan fingerprint density at radius 3 is 2.20 bits per heavy atom. The van der Waals surface area contributed by atoms with E-state index < -0.39 is 0 Å². The molecule has 0 aliphatic rings. The number of hydrogen-bond acceptors (Lipinski definition) is 1. The Balaban J connectivity index is 3.06. The molecule has 0 spiro atoms. The first-order valence-corrected chi connectivity index (χ1v) is 5.47. The van der Waals surface area contributed by atoms with Crippen LogP contribution in [0.4, 0.5) is 0 Å². The molecule has 0 N–H and O–H groups in total. The topological polar surface area (TPSA) is 9.23 Å². The zero-order chi connectivity index (χ0) is 11.6. The Morgan fingerprint density at radius 1 is 1.13 bits per heavy atom. The molecule has 15 heavy (non-hydrogen) atoms. The molecule has 0 aromatic heterocycles. The predicted octanol–water partition coefficient (Wildman–Crippen LogP) is 3.90. The molecule has 1 aromatic carbocycles. The third-order valence-electron chi connectivity index (χ3n) is 2.63. The van der Waals surface area contributed by atoms with E-state index in [0.717, 1.165) is 12.2 Å². The molecule has 0 amide bonds. The highest BCUT2D eigenvalue weighted by molar-refractivity contribution is 5.42. The summed E-state index contributed by atoms with van der Waals surface area (Å²) in [5.74, 6) is 1.01. The van der Waals surface area contributed by atoms with Gasteiger partial charge in [-0.25, -0.2) is 0 Å². The lowest BCUT2D eigenvalue weighted by Crippen LogP contribution is -2.09. The fraction of sp³-hybridized carbons (Fsp3) is 0.571. The highest BCUT2D eigenvalue weighted by Gasteiger charge is 2.13. The molecule has 0 aliphatic carbocycles. The summed E-state index contributed by atoms with van der Waals surface area (Å²) >= 11 is 0. The molecule has 1 heteroatoms. The van der Waals surface area contributed by atoms with Gasteiger partial charge >= 0.3 is 0 Å². The SMILES string of the molecule is COc1cc(CC(C)(C)C)cc(C)c1C. The Hall–Kier alpha value is -0.980. The predicted molar refractivity (Wildman–Crippen MR) is 65.6 cm³/mol. The molecule has 0 saturated heterocycles. The highest BCUT2D eigenvalue weighted by atomic mass is 16.5. The van der Waals surface area contributed by atoms with Gasteiger partial charge in [0.2, 0.25) is 0 Å². The first-order chi connectivity index (χ1) is 6.83. The van der Waals surface area contributed by atoms with Gasteiger partial charge in [0.15, 0.2) is 0 Å². The van der Waals surface area contributed by atoms with E-state index >= 15 is 0 Å². The maximum Gasteiger partial charge on any atom is 0.122 e. The molecule has 0 unspecified atom stereocenters. The second-order valence-corrected chi connectivity index (χ2v) is 5.48. The van der Waals surface area contributed by atoms with Crippen LogP contribution in [0, 0.1) is 19.3 Å². The minimum atomic E-state index is 0.326. The van der Waals surface area contributed by atoms with E-state index in [0.29, 0.717) is 5.41 Å². The summed E-state index contributed by atoms with van der Waals surface area (Å²) in [4.78, 5) is 0. The molecule has 0 radical (unpaired) electrons. The minimum absolute atomic E-state index is 0.326. The van der Waals surface area contributed by atoms with E-state index in [9.17, 15) is 0 Å². The molecule has 84 valence electrons. The molecule has 1 rings (SSSR count). The maximum absolute atomic E-state index is 5.38. The number of benzene rings is 1. The maximum atomic E-state index is 5.38. The van der Waals surface area contributed by atoms with Crippen molar-refractivity contribution in [3.8, 4) is 5.75 Å². The van der Waals surface area contributed by atoms with Crippen LogP contribution in [0.5, 0.6) is 5.75 Å². The van der Waals surface area contributed by atoms with Gasteiger partial charge in [0, 0.05) is 0 Å². The van der Waals surface area contributed by atoms with Gasteiger partial charge in [-0.05, 0) is 48.4 Å². The van der Waals surface area contributed by atoms with Crippen molar-refractivity contribution in [2.75, 3.05) is 7.11 Å². The van der Waals surface area contributed by atoms with Gasteiger partial charge in [0.1, 0.15) is 5.75 Å². The average Bonchev–Trinajstić information content (AvgIpc) is 2.08. The molecule has 0 heterocycles. The van der Waals surface area contributed by atoms with Crippen molar-refractivity contribution in [3.63, 3.8) is 0 Å². The van der Waals surface area contributed by atoms with Crippen LogP contribution in [-0.4, -0.2) is 7.11 Å². The van der Waals surface area contributed by atoms with Gasteiger partial charge in [0.05, 0.1) is 7.11 Å². The number of aryl methyl sites for hydroxylation is 1. The van der Waals surface area contributed by atoms with E-state index in [1.165, 1.54) is 16.7 Å². The number of methoxy groups -OCH3 is 1. The molecule has 0 saturated carbocycles. The smallest absolute Gasteiger partial charge is 0.122 e. The normalized spacial score (nSPS) is 11.6. The quantitative estimate of drug-likeness (QED) is 0.713. The summed E-state index contributed by atoms with van der Waals surface area (Å²) in [5.41, 5.74) is 4.25. The highest BCUT2D eigenvalue weighted by Crippen LogP contribution is 2.27. The lowest BCUT2D eigenvalue weighted by molar-refractivity contribution is 0.400. The fourth-order valence-electron chi connectivity index (χ4n) is 1.83. The summed E-state index contributed by atoms with van der Waals surface area (Å²) in [6, 6.07) is 4.43. The van der Waals surface area contributed by atoms with Gasteiger partial charge in [-0.2, -0.15) is 0 Å². The molecule has 1 nitrogen and oxygen atoms in total. The van der Waals surface area contributed by atoms with E-state index in [2.05, 4.69) is 46.8 Å². The zero-order valence-corrected chi connectivity index (χ0v) is 10.8. The Labute approximate surface area is 93.5 Å². The number of rotatable bonds is 2. The van der Waals surface area contributed by atoms with Crippen LogP contribution < -0.4 is 4.74 Å². The summed E-state index contributed by atoms with van der Waals surface area (Å²) in [5, 5.41) is 0. The van der Waals surface area contributed by atoms with Gasteiger partial charge in [-0.3, -0.25) is 0 Å². The lowest BCUT2D eigenvalue weighted by Gasteiger charge is -2.19. The van der Waals surface area contributed by atoms with Crippen molar-refractivity contribution in [1.29, 1.82) is 0 Å². The van der Waals surface area contributed by atoms with Gasteiger partial charge in [-0.1, -0.05) is 26.8 Å². The first kappa shape index (κ1) is 12.1. The zero-order valence-electron chi connectivity index (χ0n) is 10.8. The molecule has 0 bridgehead atoms. The summed E-state index contributed by atoms with van der Waals surface area (Å²) < 4.78 is 5.38. The first-order valence-electron chi connectivity index (χ1n) is 5.47. The molecule has 1 aromatic rings. The summed E-state index contributed by atoms with van der Waals surface area (Å²) in [7, 11) is 1.74. The van der Waals surface area contributed by atoms with Crippen molar-refractivity contribution in [1.82, 2.24) is 0 Å². The van der Waals surface area contributed by atoms with Crippen LogP contribution >= 0.6 is 0 Å². The summed E-state index contributed by atoms with van der Waals surface area (Å²) in [6.07, 6.45) is 1.09. The second-order valence-electron chi connectivity index (χ2n) is 5.48. The van der Waals surface area contributed by atoms with Crippen LogP contribution in [0.15, 0.2) is 12.1 Å². The van der Waals surface area contributed by atoms with Crippen LogP contribution in [0.1, 0.15) is 37.5 Å². The van der Waals surface area contributed by atoms with Gasteiger partial charge in [-0.15, -0.1) is 0 Å². The van der Waals surface area contributed by atoms with Gasteiger partial charge < -0.3 is 4.74 Å². The molecule has 0 atom stereocenters. The standard InChI is InChI=1S/C14H22O/c1-10-7-12(9-14(3,4)5)8-13(15-6)11(10)2/h7-8H,9H2,1-6H3. The van der Waals surface area contributed by atoms with E-state index in [4.69, 9.17) is 4.74 Å². The Bertz CT molecular complexity index is 345. The fourth-order valence-corrected chi connectivity index (χ4v) is 1.83. The minimum Gasteiger partial charge on any atom is -0.496 e. The van der Waals surface area contributed by atoms with Crippen molar-refractivity contribution >= 4 is 0 Å². The van der Waals surface area contributed by atoms with Gasteiger partial charge in [0.25, 0.3) is 0 Å². The molecular weight excluding hydrogens is 184 g/mol. The molecule has 0 aliphatic heterocycles. The third kappa shape index (κ3) is 3.26. The monoisotopic (exact) mass is 206 g/mol. The van der Waals surface area contributed by atoms with E-state index in [1.807, 2.05) is 0 Å². The largest absolute Gasteiger partial charge is 0.496 e. The van der Waals surface area contributed by atoms with Crippen molar-refractivity contribution in [3.05, 3.63) is 28.8 Å². The van der Waals surface area contributed by atoms with Crippen molar-refractivity contribution < 1.29 is 4.74 Å². The third-order valence-corrected chi connectivity index (χ3v) is 2.63. The molecule has 0 fully saturated rings. The second kappa shape index (κ2) is 4.26. The lowest BCUT2D eigenvalue weighted by atomic mass is 9.87. The van der Waals surface area contributed by atoms with Crippen LogP contribution in [0.25, 0.3) is 0 Å². The van der Waals surface area contributed by atoms with Crippen molar-refractivity contribution in [2.24, 2.45) is 5.41 Å². The van der Waals surface area contributed by atoms with E-state index in [1.54, 1.807) is 7.11 Å². The number of ether oxygens (including phenoxy) is 1. The van der Waals surface area contributed by atoms with E-state index in [-0.39, 0.29) is 0 Å². The Morgan fingerprint density at radius 2 is 1.73 bits per heavy atom. The Kier molecular flexibility index (Phi) is 3.43. The average molecular weight is 206 g/mol. The van der Waals surface area contributed by atoms with Crippen LogP contribution in [0.2, 0.25) is 0 Å². The summed E-state index contributed by atoms with van der Waals surface area (Å²) in [6.45, 7) is 11.0.